The van der Waals surface area contributed by atoms with Crippen molar-refractivity contribution in [1.29, 1.82) is 0 Å². The van der Waals surface area contributed by atoms with Crippen molar-refractivity contribution in [3.8, 4) is 32.3 Å². The van der Waals surface area contributed by atoms with Crippen molar-refractivity contribution in [2.45, 2.75) is 5.92 Å². The minimum absolute atomic E-state index is 0.266. The molecule has 2 heterocycles. The van der Waals surface area contributed by atoms with Gasteiger partial charge in [-0.2, -0.15) is 0 Å². The van der Waals surface area contributed by atoms with E-state index in [1.54, 1.807) is 11.3 Å². The highest BCUT2D eigenvalue weighted by Crippen LogP contribution is 2.58. The van der Waals surface area contributed by atoms with E-state index in [2.05, 4.69) is 138 Å². The molecule has 3 aliphatic carbocycles. The van der Waals surface area contributed by atoms with Gasteiger partial charge in [0, 0.05) is 39.9 Å². The van der Waals surface area contributed by atoms with Crippen LogP contribution in [0.25, 0.3) is 53.8 Å². The molecule has 5 aromatic carbocycles. The predicted molar refractivity (Wildman–Crippen MR) is 176 cm³/mol. The quantitative estimate of drug-likeness (QED) is 0.212. The first-order chi connectivity index (χ1) is 20.8. The summed E-state index contributed by atoms with van der Waals surface area (Å²) in [5.74, 6) is 0.591. The Bertz CT molecular complexity index is 2260. The molecule has 42 heavy (non-hydrogen) atoms. The van der Waals surface area contributed by atoms with Crippen molar-refractivity contribution in [2.24, 2.45) is 5.92 Å². The Hall–Kier alpha value is -4.99. The van der Waals surface area contributed by atoms with Crippen LogP contribution >= 0.6 is 11.3 Å². The van der Waals surface area contributed by atoms with E-state index in [9.17, 15) is 0 Å². The molecule has 0 spiro atoms. The molecule has 1 aromatic heterocycles. The molecule has 6 aromatic rings. The van der Waals surface area contributed by atoms with Gasteiger partial charge in [-0.25, -0.2) is 4.98 Å². The molecule has 0 bridgehead atoms. The Morgan fingerprint density at radius 2 is 1.62 bits per heavy atom. The molecule has 2 unspecified atom stereocenters. The summed E-state index contributed by atoms with van der Waals surface area (Å²) < 4.78 is 0. The second-order valence-corrected chi connectivity index (χ2v) is 12.5. The van der Waals surface area contributed by atoms with Crippen molar-refractivity contribution in [3.63, 3.8) is 0 Å². The largest absolute Gasteiger partial charge is 0.313 e. The summed E-state index contributed by atoms with van der Waals surface area (Å²) in [6.07, 6.45) is 13.7. The molecule has 0 radical (unpaired) electrons. The second kappa shape index (κ2) is 8.28. The van der Waals surface area contributed by atoms with Gasteiger partial charge in [-0.3, -0.25) is 0 Å². The van der Waals surface area contributed by atoms with Gasteiger partial charge >= 0.3 is 0 Å². The number of rotatable bonds is 2. The van der Waals surface area contributed by atoms with Gasteiger partial charge in [0.05, 0.1) is 16.3 Å². The van der Waals surface area contributed by atoms with E-state index in [4.69, 9.17) is 4.98 Å². The Labute approximate surface area is 247 Å². The minimum Gasteiger partial charge on any atom is -0.313 e. The van der Waals surface area contributed by atoms with E-state index in [0.717, 1.165) is 10.7 Å². The van der Waals surface area contributed by atoms with Crippen molar-refractivity contribution < 1.29 is 0 Å². The molecule has 4 aliphatic rings. The third-order valence-corrected chi connectivity index (χ3v) is 10.5. The monoisotopic (exact) mass is 552 g/mol. The van der Waals surface area contributed by atoms with E-state index in [0.29, 0.717) is 5.92 Å². The van der Waals surface area contributed by atoms with Crippen molar-refractivity contribution in [3.05, 3.63) is 150 Å². The van der Waals surface area contributed by atoms with Gasteiger partial charge < -0.3 is 4.90 Å². The Balaban J connectivity index is 1.22. The maximum Gasteiger partial charge on any atom is 0.124 e. The van der Waals surface area contributed by atoms with Crippen molar-refractivity contribution in [1.82, 2.24) is 4.98 Å². The van der Waals surface area contributed by atoms with E-state index in [1.165, 1.54) is 71.3 Å². The third-order valence-electron chi connectivity index (χ3n) is 9.35. The van der Waals surface area contributed by atoms with E-state index in [-0.39, 0.29) is 5.92 Å². The maximum absolute atomic E-state index is 5.25. The molecule has 0 N–H and O–H groups in total. The van der Waals surface area contributed by atoms with Crippen LogP contribution in [0.1, 0.15) is 11.5 Å². The summed E-state index contributed by atoms with van der Waals surface area (Å²) in [4.78, 5) is 9.05. The van der Waals surface area contributed by atoms with Crippen LogP contribution in [0.15, 0.2) is 145 Å². The Morgan fingerprint density at radius 1 is 0.738 bits per heavy atom. The summed E-state index contributed by atoms with van der Waals surface area (Å²) in [6.45, 7) is 0. The molecule has 0 saturated carbocycles. The molecule has 196 valence electrons. The molecular weight excluding hydrogens is 529 g/mol. The van der Waals surface area contributed by atoms with Crippen LogP contribution < -0.4 is 4.90 Å². The number of allylic oxidation sites excluding steroid dienone is 8. The number of hydrogen-bond acceptors (Lipinski definition) is 3. The number of fused-ring (bicyclic) bond motifs is 10. The predicted octanol–water partition coefficient (Wildman–Crippen LogP) is 10.6. The highest BCUT2D eigenvalue weighted by Gasteiger charge is 2.42. The van der Waals surface area contributed by atoms with Crippen LogP contribution in [-0.2, 0) is 0 Å². The molecule has 2 nitrogen and oxygen atoms in total. The number of thiazole rings is 1. The lowest BCUT2D eigenvalue weighted by Crippen LogP contribution is -2.21. The van der Waals surface area contributed by atoms with Gasteiger partial charge in [-0.15, -0.1) is 11.3 Å². The highest BCUT2D eigenvalue weighted by molar-refractivity contribution is 7.19. The van der Waals surface area contributed by atoms with Gasteiger partial charge in [-0.1, -0.05) is 109 Å². The zero-order chi connectivity index (χ0) is 27.4. The van der Waals surface area contributed by atoms with Gasteiger partial charge in [0.15, 0.2) is 0 Å². The second-order valence-electron chi connectivity index (χ2n) is 11.5. The average molecular weight is 553 g/mol. The van der Waals surface area contributed by atoms with E-state index < -0.39 is 0 Å². The standard InChI is InChI=1S/C39H24N2S/c1-2-11-25(12-3-1)39-40-37-31-22-27(21-26-13-8-16-30(34(26)31)38(37)42-39)41-32-19-17-23-9-4-6-14-28(23)35(32)36-29-15-7-5-10-24(29)18-20-33(36)41/h1-22,28,35H. The van der Waals surface area contributed by atoms with Gasteiger partial charge in [0.1, 0.15) is 5.01 Å². The third kappa shape index (κ3) is 2.96. The number of nitrogens with zero attached hydrogens (tertiary/aromatic N) is 2. The van der Waals surface area contributed by atoms with Crippen molar-refractivity contribution in [2.75, 3.05) is 4.90 Å². The van der Waals surface area contributed by atoms with Crippen LogP contribution in [0.3, 0.4) is 0 Å². The average Bonchev–Trinajstić information content (AvgIpc) is 3.72. The van der Waals surface area contributed by atoms with Crippen LogP contribution in [0.2, 0.25) is 0 Å². The molecule has 0 saturated heterocycles. The van der Waals surface area contributed by atoms with Crippen LogP contribution in [0.4, 0.5) is 11.4 Å². The Morgan fingerprint density at radius 3 is 2.57 bits per heavy atom. The summed E-state index contributed by atoms with van der Waals surface area (Å²) in [7, 11) is 0. The fourth-order valence-corrected chi connectivity index (χ4v) is 8.71. The zero-order valence-electron chi connectivity index (χ0n) is 22.7. The lowest BCUT2D eigenvalue weighted by Gasteiger charge is -2.31. The van der Waals surface area contributed by atoms with Crippen molar-refractivity contribution >= 4 is 44.3 Å². The van der Waals surface area contributed by atoms with Gasteiger partial charge in [-0.05, 0) is 57.0 Å². The van der Waals surface area contributed by atoms with Crippen LogP contribution in [0.5, 0.6) is 0 Å². The highest BCUT2D eigenvalue weighted by atomic mass is 32.1. The van der Waals surface area contributed by atoms with Gasteiger partial charge in [0.25, 0.3) is 0 Å². The fourth-order valence-electron chi connectivity index (χ4n) is 7.59. The summed E-state index contributed by atoms with van der Waals surface area (Å²) in [5.41, 5.74) is 11.5. The summed E-state index contributed by atoms with van der Waals surface area (Å²) in [6, 6.07) is 35.5. The maximum atomic E-state index is 5.25. The number of benzene rings is 5. The van der Waals surface area contributed by atoms with Crippen LogP contribution in [-0.4, -0.2) is 4.98 Å². The zero-order valence-corrected chi connectivity index (χ0v) is 23.5. The lowest BCUT2D eigenvalue weighted by atomic mass is 9.75. The molecule has 10 rings (SSSR count). The first-order valence-electron chi connectivity index (χ1n) is 14.6. The molecule has 0 fully saturated rings. The molecule has 3 heteroatoms. The first-order valence-corrected chi connectivity index (χ1v) is 15.4. The van der Waals surface area contributed by atoms with Gasteiger partial charge in [0.2, 0.25) is 0 Å². The molecule has 0 amide bonds. The Kier molecular flexibility index (Phi) is 4.47. The van der Waals surface area contributed by atoms with Crippen LogP contribution in [0, 0.1) is 5.92 Å². The normalized spacial score (nSPS) is 19.0. The molecule has 2 atom stereocenters. The first kappa shape index (κ1) is 22.7. The minimum atomic E-state index is 0.266. The topological polar surface area (TPSA) is 16.1 Å². The summed E-state index contributed by atoms with van der Waals surface area (Å²) in [5, 5.41) is 6.32. The number of aromatic nitrogens is 1. The summed E-state index contributed by atoms with van der Waals surface area (Å²) >= 11 is 1.81. The SMILES string of the molecule is C1=CC2=CC=C3C(c4c(ccc5ccccc45)N3c3cc4c5c(cccc5c3)-c3sc(-c5ccccc5)nc3-4)C2C=C1. The molecular formula is C39H24N2S. The van der Waals surface area contributed by atoms with E-state index >= 15 is 0 Å². The fraction of sp³-hybridized carbons (Fsp3) is 0.0513. The smallest absolute Gasteiger partial charge is 0.124 e. The van der Waals surface area contributed by atoms with E-state index in [1.807, 2.05) is 0 Å². The lowest BCUT2D eigenvalue weighted by molar-refractivity contribution is 0.654. The number of anilines is 2. The molecule has 1 aliphatic heterocycles. The number of hydrogen-bond donors (Lipinski definition) is 0.